The van der Waals surface area contributed by atoms with Crippen LogP contribution in [0.3, 0.4) is 0 Å². The van der Waals surface area contributed by atoms with Gasteiger partial charge in [0.15, 0.2) is 0 Å². The van der Waals surface area contributed by atoms with E-state index < -0.39 is 29.9 Å². The normalized spacial score (nSPS) is 18.2. The largest absolute Gasteiger partial charge is 0.419 e. The number of fused-ring (bicyclic) bond motifs is 1. The molecule has 35 heavy (non-hydrogen) atoms. The van der Waals surface area contributed by atoms with Gasteiger partial charge in [-0.1, -0.05) is 5.92 Å². The summed E-state index contributed by atoms with van der Waals surface area (Å²) in [5, 5.41) is 5.66. The lowest BCUT2D eigenvalue weighted by Gasteiger charge is -2.35. The molecule has 12 heteroatoms. The van der Waals surface area contributed by atoms with E-state index in [1.807, 2.05) is 24.6 Å². The second-order valence-corrected chi connectivity index (χ2v) is 8.33. The molecule has 2 aromatic heterocycles. The summed E-state index contributed by atoms with van der Waals surface area (Å²) >= 11 is 0. The SMILES string of the molecule is CC#CC(=O)Nc1cc2nc(N3C[C@H](F)C[C@@H](Nc4ncc(C(F)(F)F)cn4)C3)n(C)c2cc1C. The zero-order valence-electron chi connectivity index (χ0n) is 19.2. The fourth-order valence-corrected chi connectivity index (χ4v) is 4.05. The monoisotopic (exact) mass is 489 g/mol. The number of halogens is 4. The van der Waals surface area contributed by atoms with Gasteiger partial charge in [0.05, 0.1) is 23.1 Å². The van der Waals surface area contributed by atoms with Gasteiger partial charge in [-0.25, -0.2) is 19.3 Å². The molecule has 2 N–H and O–H groups in total. The first-order valence-corrected chi connectivity index (χ1v) is 10.8. The second kappa shape index (κ2) is 9.40. The average Bonchev–Trinajstić information content (AvgIpc) is 3.09. The first-order chi connectivity index (χ1) is 16.5. The van der Waals surface area contributed by atoms with Crippen molar-refractivity contribution in [2.24, 2.45) is 7.05 Å². The lowest BCUT2D eigenvalue weighted by molar-refractivity contribution is -0.138. The van der Waals surface area contributed by atoms with Crippen LogP contribution in [0.1, 0.15) is 24.5 Å². The maximum Gasteiger partial charge on any atom is 0.419 e. The first kappa shape index (κ1) is 24.3. The Hall–Kier alpha value is -3.88. The number of alkyl halides is 4. The third-order valence-corrected chi connectivity index (χ3v) is 5.68. The van der Waals surface area contributed by atoms with Gasteiger partial charge < -0.3 is 20.1 Å². The molecule has 0 saturated carbocycles. The molecule has 184 valence electrons. The number of imidazole rings is 1. The van der Waals surface area contributed by atoms with E-state index >= 15 is 0 Å². The number of aryl methyl sites for hydroxylation is 2. The number of hydrogen-bond donors (Lipinski definition) is 2. The van der Waals surface area contributed by atoms with Crippen LogP contribution in [-0.4, -0.2) is 50.7 Å². The lowest BCUT2D eigenvalue weighted by atomic mass is 10.0. The van der Waals surface area contributed by atoms with Crippen molar-refractivity contribution in [1.29, 1.82) is 0 Å². The van der Waals surface area contributed by atoms with E-state index in [1.54, 1.807) is 17.9 Å². The van der Waals surface area contributed by atoms with Gasteiger partial charge in [0, 0.05) is 44.1 Å². The Labute approximate surface area is 198 Å². The van der Waals surface area contributed by atoms with Crippen LogP contribution in [0.2, 0.25) is 0 Å². The highest BCUT2D eigenvalue weighted by Gasteiger charge is 2.33. The van der Waals surface area contributed by atoms with Gasteiger partial charge in [-0.2, -0.15) is 13.2 Å². The van der Waals surface area contributed by atoms with Crippen molar-refractivity contribution in [3.8, 4) is 11.8 Å². The topological polar surface area (TPSA) is 88.0 Å². The molecular formula is C23H23F4N7O. The Morgan fingerprint density at radius 3 is 2.57 bits per heavy atom. The van der Waals surface area contributed by atoms with Crippen LogP contribution < -0.4 is 15.5 Å². The summed E-state index contributed by atoms with van der Waals surface area (Å²) in [6.07, 6.45) is -4.19. The van der Waals surface area contributed by atoms with Crippen LogP contribution in [0.15, 0.2) is 24.5 Å². The van der Waals surface area contributed by atoms with Crippen molar-refractivity contribution in [1.82, 2.24) is 19.5 Å². The van der Waals surface area contributed by atoms with Crippen molar-refractivity contribution in [2.45, 2.75) is 38.7 Å². The summed E-state index contributed by atoms with van der Waals surface area (Å²) in [5.41, 5.74) is 1.86. The molecule has 1 aliphatic rings. The highest BCUT2D eigenvalue weighted by Crippen LogP contribution is 2.30. The summed E-state index contributed by atoms with van der Waals surface area (Å²) in [7, 11) is 1.81. The predicted molar refractivity (Wildman–Crippen MR) is 124 cm³/mol. The zero-order chi connectivity index (χ0) is 25.3. The molecule has 1 fully saturated rings. The number of carbonyl (C=O) groups is 1. The number of amides is 1. The summed E-state index contributed by atoms with van der Waals surface area (Å²) < 4.78 is 54.7. The van der Waals surface area contributed by atoms with Crippen LogP contribution in [0.5, 0.6) is 0 Å². The van der Waals surface area contributed by atoms with E-state index in [2.05, 4.69) is 37.4 Å². The van der Waals surface area contributed by atoms with Crippen molar-refractivity contribution in [3.05, 3.63) is 35.7 Å². The maximum atomic E-state index is 14.7. The fraction of sp³-hybridized carbons (Fsp3) is 0.391. The molecule has 0 radical (unpaired) electrons. The minimum Gasteiger partial charge on any atom is -0.350 e. The second-order valence-electron chi connectivity index (χ2n) is 8.33. The van der Waals surface area contributed by atoms with Crippen LogP contribution >= 0.6 is 0 Å². The Morgan fingerprint density at radius 2 is 1.91 bits per heavy atom. The van der Waals surface area contributed by atoms with Crippen molar-refractivity contribution in [3.63, 3.8) is 0 Å². The minimum absolute atomic E-state index is 0.00626. The number of nitrogens with zero attached hydrogens (tertiary/aromatic N) is 5. The number of rotatable bonds is 4. The quantitative estimate of drug-likeness (QED) is 0.430. The molecule has 1 amide bonds. The van der Waals surface area contributed by atoms with E-state index in [0.717, 1.165) is 11.1 Å². The molecule has 3 heterocycles. The van der Waals surface area contributed by atoms with E-state index in [1.165, 1.54) is 0 Å². The van der Waals surface area contributed by atoms with Crippen LogP contribution in [0, 0.1) is 18.8 Å². The summed E-state index contributed by atoms with van der Waals surface area (Å²) in [4.78, 5) is 25.7. The number of hydrogen-bond acceptors (Lipinski definition) is 6. The molecule has 2 atom stereocenters. The molecule has 0 bridgehead atoms. The van der Waals surface area contributed by atoms with Crippen LogP contribution in [0.4, 0.5) is 35.1 Å². The fourth-order valence-electron chi connectivity index (χ4n) is 4.05. The number of piperidine rings is 1. The number of nitrogens with one attached hydrogen (secondary N) is 2. The third-order valence-electron chi connectivity index (χ3n) is 5.68. The Bertz CT molecular complexity index is 1310. The maximum absolute atomic E-state index is 14.7. The van der Waals surface area contributed by atoms with Crippen molar-refractivity contribution >= 4 is 34.5 Å². The molecule has 1 aromatic carbocycles. The van der Waals surface area contributed by atoms with Gasteiger partial charge in [0.1, 0.15) is 6.17 Å². The molecule has 0 aliphatic carbocycles. The van der Waals surface area contributed by atoms with E-state index in [0.29, 0.717) is 36.1 Å². The van der Waals surface area contributed by atoms with E-state index in [4.69, 9.17) is 0 Å². The molecule has 1 saturated heterocycles. The molecular weight excluding hydrogens is 466 g/mol. The van der Waals surface area contributed by atoms with Gasteiger partial charge in [-0.3, -0.25) is 4.79 Å². The summed E-state index contributed by atoms with van der Waals surface area (Å²) in [5.74, 6) is 5.07. The standard InChI is InChI=1S/C23H23F4N7O/c1-4-5-20(35)31-17-8-18-19(6-13(17)2)33(3)22(32-18)34-11-15(24)7-16(12-34)30-21-28-9-14(10-29-21)23(25,26)27/h6,8-10,15-16H,7,11-12H2,1-3H3,(H,31,35)(H,28,29,30)/t15-,16-/m1/s1. The predicted octanol–water partition coefficient (Wildman–Crippen LogP) is 3.68. The Morgan fingerprint density at radius 1 is 1.20 bits per heavy atom. The van der Waals surface area contributed by atoms with Crippen LogP contribution in [-0.2, 0) is 18.0 Å². The van der Waals surface area contributed by atoms with Crippen molar-refractivity contribution in [2.75, 3.05) is 28.6 Å². The lowest BCUT2D eigenvalue weighted by Crippen LogP contribution is -2.48. The number of carbonyl (C=O) groups excluding carboxylic acids is 1. The number of benzene rings is 1. The third kappa shape index (κ3) is 5.29. The van der Waals surface area contributed by atoms with Crippen molar-refractivity contribution < 1.29 is 22.4 Å². The first-order valence-electron chi connectivity index (χ1n) is 10.8. The molecule has 0 spiro atoms. The summed E-state index contributed by atoms with van der Waals surface area (Å²) in [6.45, 7) is 3.88. The molecule has 1 aliphatic heterocycles. The molecule has 0 unspecified atom stereocenters. The highest BCUT2D eigenvalue weighted by atomic mass is 19.4. The van der Waals surface area contributed by atoms with Gasteiger partial charge >= 0.3 is 6.18 Å². The average molecular weight is 489 g/mol. The summed E-state index contributed by atoms with van der Waals surface area (Å²) in [6, 6.07) is 3.18. The van der Waals surface area contributed by atoms with Gasteiger partial charge in [0.2, 0.25) is 11.9 Å². The van der Waals surface area contributed by atoms with E-state index in [-0.39, 0.29) is 18.9 Å². The molecule has 4 rings (SSSR count). The highest BCUT2D eigenvalue weighted by molar-refractivity contribution is 6.05. The zero-order valence-corrected chi connectivity index (χ0v) is 19.2. The van der Waals surface area contributed by atoms with Gasteiger partial charge in [-0.05, 0) is 37.5 Å². The van der Waals surface area contributed by atoms with E-state index in [9.17, 15) is 22.4 Å². The van der Waals surface area contributed by atoms with Gasteiger partial charge in [-0.15, -0.1) is 0 Å². The van der Waals surface area contributed by atoms with Crippen LogP contribution in [0.25, 0.3) is 11.0 Å². The molecule has 8 nitrogen and oxygen atoms in total. The number of anilines is 3. The number of aromatic nitrogens is 4. The van der Waals surface area contributed by atoms with Gasteiger partial charge in [0.25, 0.3) is 5.91 Å². The Balaban J connectivity index is 1.56. The smallest absolute Gasteiger partial charge is 0.350 e. The minimum atomic E-state index is -4.53. The molecule has 3 aromatic rings. The Kier molecular flexibility index (Phi) is 6.51.